The summed E-state index contributed by atoms with van der Waals surface area (Å²) in [5.74, 6) is 0.198. The molecule has 2 heterocycles. The summed E-state index contributed by atoms with van der Waals surface area (Å²) in [6.45, 7) is 2.81. The van der Waals surface area contributed by atoms with Crippen molar-refractivity contribution in [2.45, 2.75) is 26.3 Å². The summed E-state index contributed by atoms with van der Waals surface area (Å²) in [6.07, 6.45) is -0.281. The molecule has 0 atom stereocenters. The number of hydrogen-bond acceptors (Lipinski definition) is 4. The normalized spacial score (nSPS) is 14.2. The van der Waals surface area contributed by atoms with Crippen LogP contribution >= 0.6 is 0 Å². The Labute approximate surface area is 104 Å². The van der Waals surface area contributed by atoms with E-state index in [1.54, 1.807) is 6.92 Å². The summed E-state index contributed by atoms with van der Waals surface area (Å²) >= 11 is 0. The first kappa shape index (κ1) is 12.4. The van der Waals surface area contributed by atoms with Crippen molar-refractivity contribution in [3.8, 4) is 0 Å². The van der Waals surface area contributed by atoms with Crippen LogP contribution in [-0.4, -0.2) is 45.2 Å². The molecule has 0 bridgehead atoms. The van der Waals surface area contributed by atoms with Crippen LogP contribution in [0.25, 0.3) is 0 Å². The Bertz CT molecular complexity index is 469. The van der Waals surface area contributed by atoms with E-state index in [1.165, 1.54) is 4.90 Å². The van der Waals surface area contributed by atoms with Gasteiger partial charge in [0.25, 0.3) is 0 Å². The van der Waals surface area contributed by atoms with Crippen LogP contribution in [0.1, 0.15) is 24.1 Å². The second-order valence-corrected chi connectivity index (χ2v) is 4.04. The van der Waals surface area contributed by atoms with Crippen LogP contribution in [0.15, 0.2) is 0 Å². The highest BCUT2D eigenvalue weighted by atomic mass is 16.5. The minimum Gasteiger partial charge on any atom is -0.466 e. The van der Waals surface area contributed by atoms with Crippen molar-refractivity contribution < 1.29 is 19.4 Å². The smallest absolute Gasteiger partial charge is 0.407 e. The highest BCUT2D eigenvalue weighted by Gasteiger charge is 2.23. The van der Waals surface area contributed by atoms with Crippen molar-refractivity contribution in [1.29, 1.82) is 0 Å². The van der Waals surface area contributed by atoms with Gasteiger partial charge in [0.05, 0.1) is 24.5 Å². The number of ether oxygens (including phenoxy) is 1. The van der Waals surface area contributed by atoms with Gasteiger partial charge in [0, 0.05) is 13.0 Å². The lowest BCUT2D eigenvalue weighted by Gasteiger charge is -2.22. The highest BCUT2D eigenvalue weighted by Crippen LogP contribution is 2.17. The van der Waals surface area contributed by atoms with Gasteiger partial charge in [-0.25, -0.2) is 9.78 Å². The van der Waals surface area contributed by atoms with Crippen LogP contribution in [-0.2, 0) is 28.9 Å². The lowest BCUT2D eigenvalue weighted by atomic mass is 10.1. The predicted molar refractivity (Wildman–Crippen MR) is 61.1 cm³/mol. The molecule has 2 N–H and O–H groups in total. The van der Waals surface area contributed by atoms with E-state index < -0.39 is 6.09 Å². The third-order valence-corrected chi connectivity index (χ3v) is 2.77. The molecule has 0 unspecified atom stereocenters. The summed E-state index contributed by atoms with van der Waals surface area (Å²) < 4.78 is 4.83. The number of hydrogen-bond donors (Lipinski definition) is 2. The van der Waals surface area contributed by atoms with Gasteiger partial charge in [-0.1, -0.05) is 0 Å². The maximum Gasteiger partial charge on any atom is 0.407 e. The number of aromatic amines is 1. The lowest BCUT2D eigenvalue weighted by Crippen LogP contribution is -2.34. The molecule has 1 aromatic rings. The van der Waals surface area contributed by atoms with Gasteiger partial charge in [-0.2, -0.15) is 0 Å². The van der Waals surface area contributed by atoms with Crippen LogP contribution < -0.4 is 0 Å². The maximum atomic E-state index is 11.3. The third-order valence-electron chi connectivity index (χ3n) is 2.77. The third kappa shape index (κ3) is 2.61. The largest absolute Gasteiger partial charge is 0.466 e. The topological polar surface area (TPSA) is 95.5 Å². The summed E-state index contributed by atoms with van der Waals surface area (Å²) in [5, 5.41) is 8.90. The van der Waals surface area contributed by atoms with Crippen molar-refractivity contribution in [1.82, 2.24) is 14.9 Å². The number of carbonyl (C=O) groups is 2. The summed E-state index contributed by atoms with van der Waals surface area (Å²) in [4.78, 5) is 30.8. The number of rotatable bonds is 3. The van der Waals surface area contributed by atoms with Crippen molar-refractivity contribution in [3.05, 3.63) is 17.2 Å². The number of nitrogens with one attached hydrogen (secondary N) is 1. The SMILES string of the molecule is CCOC(=O)Cc1nc2c([nH]1)CN(C(=O)O)CC2. The molecule has 7 nitrogen and oxygen atoms in total. The molecule has 1 aromatic heterocycles. The number of carboxylic acid groups (broad SMARTS) is 1. The van der Waals surface area contributed by atoms with Crippen LogP contribution in [0.4, 0.5) is 4.79 Å². The molecule has 0 aromatic carbocycles. The zero-order chi connectivity index (χ0) is 13.1. The lowest BCUT2D eigenvalue weighted by molar-refractivity contribution is -0.142. The summed E-state index contributed by atoms with van der Waals surface area (Å²) in [6, 6.07) is 0. The number of imidazole rings is 1. The second kappa shape index (κ2) is 5.07. The molecule has 1 aliphatic rings. The first-order valence-electron chi connectivity index (χ1n) is 5.80. The average molecular weight is 253 g/mol. The molecule has 0 saturated heterocycles. The van der Waals surface area contributed by atoms with Crippen molar-refractivity contribution in [3.63, 3.8) is 0 Å². The fraction of sp³-hybridized carbons (Fsp3) is 0.545. The van der Waals surface area contributed by atoms with Gasteiger partial charge in [-0.3, -0.25) is 4.79 Å². The van der Waals surface area contributed by atoms with Gasteiger partial charge in [-0.05, 0) is 6.92 Å². The van der Waals surface area contributed by atoms with E-state index in [1.807, 2.05) is 0 Å². The van der Waals surface area contributed by atoms with E-state index in [-0.39, 0.29) is 12.4 Å². The Morgan fingerprint density at radius 2 is 2.33 bits per heavy atom. The fourth-order valence-electron chi connectivity index (χ4n) is 1.95. The number of aromatic nitrogens is 2. The Morgan fingerprint density at radius 3 is 3.00 bits per heavy atom. The molecule has 98 valence electrons. The monoisotopic (exact) mass is 253 g/mol. The van der Waals surface area contributed by atoms with E-state index in [4.69, 9.17) is 9.84 Å². The molecule has 0 fully saturated rings. The predicted octanol–water partition coefficient (Wildman–Crippen LogP) is 0.551. The van der Waals surface area contributed by atoms with E-state index >= 15 is 0 Å². The van der Waals surface area contributed by atoms with E-state index in [0.29, 0.717) is 31.9 Å². The van der Waals surface area contributed by atoms with Crippen LogP contribution in [0.5, 0.6) is 0 Å². The van der Waals surface area contributed by atoms with Crippen LogP contribution in [0.2, 0.25) is 0 Å². The molecule has 1 amide bonds. The molecule has 7 heteroatoms. The number of fused-ring (bicyclic) bond motifs is 1. The standard InChI is InChI=1S/C11H15N3O4/c1-2-18-10(15)5-9-12-7-3-4-14(11(16)17)6-8(7)13-9/h2-6H2,1H3,(H,12,13)(H,16,17). The molecule has 2 rings (SSSR count). The first-order chi connectivity index (χ1) is 8.60. The molecule has 0 saturated carbocycles. The molecular weight excluding hydrogens is 238 g/mol. The minimum absolute atomic E-state index is 0.0912. The van der Waals surface area contributed by atoms with Crippen molar-refractivity contribution in [2.24, 2.45) is 0 Å². The summed E-state index contributed by atoms with van der Waals surface area (Å²) in [7, 11) is 0. The fourth-order valence-corrected chi connectivity index (χ4v) is 1.95. The van der Waals surface area contributed by atoms with Crippen LogP contribution in [0.3, 0.4) is 0 Å². The van der Waals surface area contributed by atoms with Gasteiger partial charge in [0.15, 0.2) is 0 Å². The second-order valence-electron chi connectivity index (χ2n) is 4.04. The van der Waals surface area contributed by atoms with Gasteiger partial charge in [0.1, 0.15) is 12.2 Å². The molecule has 1 aliphatic heterocycles. The number of amides is 1. The van der Waals surface area contributed by atoms with Gasteiger partial charge in [0.2, 0.25) is 0 Å². The number of nitrogens with zero attached hydrogens (tertiary/aromatic N) is 2. The average Bonchev–Trinajstić information content (AvgIpc) is 2.69. The Hall–Kier alpha value is -2.05. The molecule has 0 radical (unpaired) electrons. The Morgan fingerprint density at radius 1 is 1.56 bits per heavy atom. The van der Waals surface area contributed by atoms with E-state index in [0.717, 1.165) is 11.4 Å². The van der Waals surface area contributed by atoms with Gasteiger partial charge < -0.3 is 19.7 Å². The molecular formula is C11H15N3O4. The van der Waals surface area contributed by atoms with E-state index in [9.17, 15) is 9.59 Å². The summed E-state index contributed by atoms with van der Waals surface area (Å²) in [5.41, 5.74) is 1.61. The van der Waals surface area contributed by atoms with Gasteiger partial charge >= 0.3 is 12.1 Å². The minimum atomic E-state index is -0.942. The molecule has 18 heavy (non-hydrogen) atoms. The Balaban J connectivity index is 2.05. The van der Waals surface area contributed by atoms with Crippen molar-refractivity contribution >= 4 is 12.1 Å². The maximum absolute atomic E-state index is 11.3. The number of H-pyrrole nitrogens is 1. The quantitative estimate of drug-likeness (QED) is 0.767. The van der Waals surface area contributed by atoms with Crippen LogP contribution in [0, 0.1) is 0 Å². The van der Waals surface area contributed by atoms with Crippen molar-refractivity contribution in [2.75, 3.05) is 13.2 Å². The molecule has 0 aliphatic carbocycles. The highest BCUT2D eigenvalue weighted by molar-refractivity contribution is 5.71. The number of carbonyl (C=O) groups excluding carboxylic acids is 1. The molecule has 0 spiro atoms. The van der Waals surface area contributed by atoms with Gasteiger partial charge in [-0.15, -0.1) is 0 Å². The Kier molecular flexibility index (Phi) is 3.50. The zero-order valence-corrected chi connectivity index (χ0v) is 10.1. The first-order valence-corrected chi connectivity index (χ1v) is 5.80. The zero-order valence-electron chi connectivity index (χ0n) is 10.1. The number of esters is 1. The van der Waals surface area contributed by atoms with E-state index in [2.05, 4.69) is 9.97 Å².